The molecule has 0 aliphatic carbocycles. The Morgan fingerprint density at radius 1 is 1.04 bits per heavy atom. The van der Waals surface area contributed by atoms with Gasteiger partial charge in [0.05, 0.1) is 12.0 Å². The first-order valence-corrected chi connectivity index (χ1v) is 9.27. The molecule has 0 radical (unpaired) electrons. The van der Waals surface area contributed by atoms with Crippen LogP contribution in [0, 0.1) is 6.92 Å². The molecule has 0 bridgehead atoms. The van der Waals surface area contributed by atoms with Gasteiger partial charge in [0.1, 0.15) is 13.2 Å². The van der Waals surface area contributed by atoms with Gasteiger partial charge in [-0.05, 0) is 31.2 Å². The van der Waals surface area contributed by atoms with Crippen molar-refractivity contribution in [3.8, 4) is 11.5 Å². The van der Waals surface area contributed by atoms with Crippen molar-refractivity contribution in [3.63, 3.8) is 0 Å². The molecule has 0 aromatic heterocycles. The number of carbonyl (C=O) groups is 1. The van der Waals surface area contributed by atoms with Crippen LogP contribution >= 0.6 is 0 Å². The Hall–Kier alpha value is -2.58. The number of benzene rings is 2. The highest BCUT2D eigenvalue weighted by molar-refractivity contribution is 7.86. The van der Waals surface area contributed by atoms with E-state index in [1.165, 1.54) is 26.2 Å². The van der Waals surface area contributed by atoms with Gasteiger partial charge < -0.3 is 14.8 Å². The molecule has 0 aliphatic heterocycles. The maximum atomic E-state index is 12.1. The van der Waals surface area contributed by atoms with Gasteiger partial charge in [0.25, 0.3) is 10.1 Å². The topological polar surface area (TPSA) is 90.9 Å². The highest BCUT2D eigenvalue weighted by Gasteiger charge is 2.15. The molecular weight excluding hydrogens is 358 g/mol. The fourth-order valence-corrected chi connectivity index (χ4v) is 3.03. The largest absolute Gasteiger partial charge is 0.493 e. The summed E-state index contributed by atoms with van der Waals surface area (Å²) in [6, 6.07) is 11.3. The predicted molar refractivity (Wildman–Crippen MR) is 97.1 cm³/mol. The molecule has 7 nitrogen and oxygen atoms in total. The molecule has 140 valence electrons. The Morgan fingerprint density at radius 2 is 1.73 bits per heavy atom. The van der Waals surface area contributed by atoms with Gasteiger partial charge in [0.2, 0.25) is 5.91 Å². The van der Waals surface area contributed by atoms with Crippen molar-refractivity contribution in [2.75, 3.05) is 25.6 Å². The standard InChI is InChI=1S/C18H21NO6S/c1-13-4-7-16(8-5-13)26(21,22)25-11-10-24-17-9-6-15(19-14(2)20)12-18(17)23-3/h4-9,12H,10-11H2,1-3H3,(H,19,20). The molecule has 26 heavy (non-hydrogen) atoms. The van der Waals surface area contributed by atoms with E-state index in [0.29, 0.717) is 17.2 Å². The van der Waals surface area contributed by atoms with Crippen LogP contribution in [0.15, 0.2) is 47.4 Å². The minimum absolute atomic E-state index is 0.0148. The third-order valence-electron chi connectivity index (χ3n) is 3.37. The van der Waals surface area contributed by atoms with Gasteiger partial charge in [0.15, 0.2) is 11.5 Å². The van der Waals surface area contributed by atoms with Crippen molar-refractivity contribution in [2.24, 2.45) is 0 Å². The van der Waals surface area contributed by atoms with E-state index < -0.39 is 10.1 Å². The number of anilines is 1. The lowest BCUT2D eigenvalue weighted by atomic mass is 10.2. The van der Waals surface area contributed by atoms with E-state index in [9.17, 15) is 13.2 Å². The van der Waals surface area contributed by atoms with Gasteiger partial charge in [0, 0.05) is 18.7 Å². The number of rotatable bonds is 8. The quantitative estimate of drug-likeness (QED) is 0.560. The molecule has 2 aromatic rings. The van der Waals surface area contributed by atoms with Crippen molar-refractivity contribution < 1.29 is 26.9 Å². The molecule has 8 heteroatoms. The summed E-state index contributed by atoms with van der Waals surface area (Å²) in [6.45, 7) is 3.14. The summed E-state index contributed by atoms with van der Waals surface area (Å²) in [5, 5.41) is 2.64. The maximum absolute atomic E-state index is 12.1. The lowest BCUT2D eigenvalue weighted by Crippen LogP contribution is -2.13. The molecule has 0 fully saturated rings. The molecular formula is C18H21NO6S. The summed E-state index contributed by atoms with van der Waals surface area (Å²) in [5.74, 6) is 0.631. The van der Waals surface area contributed by atoms with Gasteiger partial charge in [-0.25, -0.2) is 0 Å². The minimum Gasteiger partial charge on any atom is -0.493 e. The Morgan fingerprint density at radius 3 is 2.35 bits per heavy atom. The molecule has 0 saturated heterocycles. The lowest BCUT2D eigenvalue weighted by Gasteiger charge is -2.12. The average Bonchev–Trinajstić information content (AvgIpc) is 2.59. The summed E-state index contributed by atoms with van der Waals surface area (Å²) >= 11 is 0. The summed E-state index contributed by atoms with van der Waals surface area (Å²) in [6.07, 6.45) is 0. The van der Waals surface area contributed by atoms with Crippen LogP contribution in [0.1, 0.15) is 12.5 Å². The zero-order valence-corrected chi connectivity index (χ0v) is 15.6. The smallest absolute Gasteiger partial charge is 0.297 e. The minimum atomic E-state index is -3.83. The average molecular weight is 379 g/mol. The molecule has 0 unspecified atom stereocenters. The number of ether oxygens (including phenoxy) is 2. The van der Waals surface area contributed by atoms with Crippen LogP contribution in [0.25, 0.3) is 0 Å². The van der Waals surface area contributed by atoms with E-state index in [0.717, 1.165) is 5.56 Å². The number of methoxy groups -OCH3 is 1. The van der Waals surface area contributed by atoms with Gasteiger partial charge in [-0.15, -0.1) is 0 Å². The molecule has 1 N–H and O–H groups in total. The second-order valence-corrected chi connectivity index (χ2v) is 7.10. The lowest BCUT2D eigenvalue weighted by molar-refractivity contribution is -0.114. The summed E-state index contributed by atoms with van der Waals surface area (Å²) in [7, 11) is -2.36. The first kappa shape index (κ1) is 19.7. The van der Waals surface area contributed by atoms with E-state index >= 15 is 0 Å². The van der Waals surface area contributed by atoms with Crippen LogP contribution in [0.3, 0.4) is 0 Å². The number of aryl methyl sites for hydroxylation is 1. The Bertz CT molecular complexity index is 862. The van der Waals surface area contributed by atoms with Crippen molar-refractivity contribution in [1.29, 1.82) is 0 Å². The third kappa shape index (κ3) is 5.47. The van der Waals surface area contributed by atoms with Crippen molar-refractivity contribution in [2.45, 2.75) is 18.7 Å². The Balaban J connectivity index is 1.93. The fraction of sp³-hybridized carbons (Fsp3) is 0.278. The maximum Gasteiger partial charge on any atom is 0.297 e. The van der Waals surface area contributed by atoms with Gasteiger partial charge in [-0.2, -0.15) is 8.42 Å². The van der Waals surface area contributed by atoms with Crippen molar-refractivity contribution >= 4 is 21.7 Å². The normalized spacial score (nSPS) is 11.0. The van der Waals surface area contributed by atoms with Crippen LogP contribution in [-0.4, -0.2) is 34.6 Å². The van der Waals surface area contributed by atoms with Crippen LogP contribution in [0.5, 0.6) is 11.5 Å². The molecule has 0 aliphatic rings. The molecule has 2 aromatic carbocycles. The summed E-state index contributed by atoms with van der Waals surface area (Å²) < 4.78 is 39.9. The number of hydrogen-bond acceptors (Lipinski definition) is 6. The molecule has 2 rings (SSSR count). The zero-order chi connectivity index (χ0) is 19.2. The van der Waals surface area contributed by atoms with Crippen molar-refractivity contribution in [3.05, 3.63) is 48.0 Å². The monoisotopic (exact) mass is 379 g/mol. The Kier molecular flexibility index (Phi) is 6.59. The van der Waals surface area contributed by atoms with Crippen molar-refractivity contribution in [1.82, 2.24) is 0 Å². The molecule has 1 amide bonds. The van der Waals surface area contributed by atoms with Crippen LogP contribution in [0.4, 0.5) is 5.69 Å². The number of amides is 1. The van der Waals surface area contributed by atoms with E-state index in [1.807, 2.05) is 6.92 Å². The SMILES string of the molecule is COc1cc(NC(C)=O)ccc1OCCOS(=O)(=O)c1ccc(C)cc1. The molecule has 0 saturated carbocycles. The summed E-state index contributed by atoms with van der Waals surface area (Å²) in [4.78, 5) is 11.2. The van der Waals surface area contributed by atoms with E-state index in [4.69, 9.17) is 13.7 Å². The Labute approximate surface area is 153 Å². The third-order valence-corrected chi connectivity index (χ3v) is 4.70. The van der Waals surface area contributed by atoms with Gasteiger partial charge in [-0.1, -0.05) is 17.7 Å². The van der Waals surface area contributed by atoms with E-state index in [2.05, 4.69) is 5.32 Å². The fourth-order valence-electron chi connectivity index (χ4n) is 2.14. The summed E-state index contributed by atoms with van der Waals surface area (Å²) in [5.41, 5.74) is 1.53. The highest BCUT2D eigenvalue weighted by Crippen LogP contribution is 2.30. The molecule has 0 spiro atoms. The second-order valence-electron chi connectivity index (χ2n) is 5.48. The highest BCUT2D eigenvalue weighted by atomic mass is 32.2. The van der Waals surface area contributed by atoms with Crippen LogP contribution in [0.2, 0.25) is 0 Å². The van der Waals surface area contributed by atoms with Crippen LogP contribution < -0.4 is 14.8 Å². The van der Waals surface area contributed by atoms with Gasteiger partial charge in [-0.3, -0.25) is 8.98 Å². The molecule has 0 heterocycles. The molecule has 0 atom stereocenters. The van der Waals surface area contributed by atoms with Crippen LogP contribution in [-0.2, 0) is 19.1 Å². The first-order valence-electron chi connectivity index (χ1n) is 7.86. The second kappa shape index (κ2) is 8.68. The van der Waals surface area contributed by atoms with E-state index in [-0.39, 0.29) is 24.0 Å². The zero-order valence-electron chi connectivity index (χ0n) is 14.8. The van der Waals surface area contributed by atoms with E-state index in [1.54, 1.807) is 30.3 Å². The number of nitrogens with one attached hydrogen (secondary N) is 1. The van der Waals surface area contributed by atoms with Gasteiger partial charge >= 0.3 is 0 Å². The predicted octanol–water partition coefficient (Wildman–Crippen LogP) is 2.75. The number of carbonyl (C=O) groups excluding carboxylic acids is 1. The number of hydrogen-bond donors (Lipinski definition) is 1. The first-order chi connectivity index (χ1) is 12.3.